The van der Waals surface area contributed by atoms with Gasteiger partial charge in [0, 0.05) is 36.4 Å². The molecule has 2 aliphatic rings. The van der Waals surface area contributed by atoms with E-state index in [4.69, 9.17) is 9.47 Å². The van der Waals surface area contributed by atoms with Crippen LogP contribution in [0.5, 0.6) is 11.5 Å². The third kappa shape index (κ3) is 3.00. The Labute approximate surface area is 175 Å². The molecule has 1 saturated heterocycles. The number of amides is 1. The van der Waals surface area contributed by atoms with Crippen molar-refractivity contribution in [1.29, 1.82) is 0 Å². The average Bonchev–Trinajstić information content (AvgIpc) is 3.30. The zero-order chi connectivity index (χ0) is 20.8. The number of methoxy groups -OCH3 is 1. The fourth-order valence-electron chi connectivity index (χ4n) is 4.85. The zero-order valence-corrected chi connectivity index (χ0v) is 17.5. The lowest BCUT2D eigenvalue weighted by atomic mass is 9.98. The van der Waals surface area contributed by atoms with Gasteiger partial charge in [-0.1, -0.05) is 13.0 Å². The number of hydrogen-bond acceptors (Lipinski definition) is 5. The molecule has 5 rings (SSSR count). The highest BCUT2D eigenvalue weighted by molar-refractivity contribution is 5.83. The van der Waals surface area contributed by atoms with Crippen LogP contribution in [0.25, 0.3) is 5.65 Å². The van der Waals surface area contributed by atoms with Crippen molar-refractivity contribution in [3.05, 3.63) is 53.5 Å². The van der Waals surface area contributed by atoms with E-state index in [1.165, 1.54) is 5.69 Å². The van der Waals surface area contributed by atoms with Gasteiger partial charge in [-0.2, -0.15) is 5.10 Å². The summed E-state index contributed by atoms with van der Waals surface area (Å²) in [6.07, 6.45) is 4.75. The molecule has 4 heterocycles. The lowest BCUT2D eigenvalue weighted by Crippen LogP contribution is -2.48. The Morgan fingerprint density at radius 3 is 2.90 bits per heavy atom. The average molecular weight is 406 g/mol. The maximum Gasteiger partial charge on any atom is 0.264 e. The van der Waals surface area contributed by atoms with E-state index < -0.39 is 6.10 Å². The summed E-state index contributed by atoms with van der Waals surface area (Å²) in [5.74, 6) is 1.41. The van der Waals surface area contributed by atoms with Crippen LogP contribution in [0.15, 0.2) is 36.5 Å². The number of rotatable bonds is 5. The molecule has 2 aliphatic heterocycles. The molecule has 0 spiro atoms. The van der Waals surface area contributed by atoms with Crippen LogP contribution in [-0.4, -0.2) is 44.7 Å². The summed E-state index contributed by atoms with van der Waals surface area (Å²) in [7, 11) is 1.62. The van der Waals surface area contributed by atoms with Crippen LogP contribution >= 0.6 is 0 Å². The Balaban J connectivity index is 1.44. The standard InChI is InChI=1S/C23H26N4O3/c1-4-21(30-17-7-5-6-16(12-17)29-3)23(28)26-15-8-9-19(26)18-13-24-22-10-14(2)25-27(22)20(18)11-15/h5-7,10,12-13,15,19,21H,4,8-9,11H2,1-3H3/t15-,19-,21+/m0/s1. The monoisotopic (exact) mass is 406 g/mol. The fourth-order valence-corrected chi connectivity index (χ4v) is 4.85. The third-order valence-corrected chi connectivity index (χ3v) is 6.25. The van der Waals surface area contributed by atoms with E-state index in [9.17, 15) is 4.79 Å². The van der Waals surface area contributed by atoms with Crippen molar-refractivity contribution in [2.75, 3.05) is 7.11 Å². The maximum atomic E-state index is 13.6. The van der Waals surface area contributed by atoms with Gasteiger partial charge in [0.1, 0.15) is 11.5 Å². The summed E-state index contributed by atoms with van der Waals surface area (Å²) < 4.78 is 13.3. The summed E-state index contributed by atoms with van der Waals surface area (Å²) in [4.78, 5) is 20.2. The van der Waals surface area contributed by atoms with Crippen molar-refractivity contribution in [3.63, 3.8) is 0 Å². The highest BCUT2D eigenvalue weighted by atomic mass is 16.5. The lowest BCUT2D eigenvalue weighted by Gasteiger charge is -2.38. The molecule has 7 heteroatoms. The molecular weight excluding hydrogens is 380 g/mol. The number of hydrogen-bond donors (Lipinski definition) is 0. The Bertz CT molecular complexity index is 1110. The lowest BCUT2D eigenvalue weighted by molar-refractivity contribution is -0.142. The molecule has 0 aliphatic carbocycles. The summed E-state index contributed by atoms with van der Waals surface area (Å²) in [5.41, 5.74) is 4.13. The van der Waals surface area contributed by atoms with Crippen LogP contribution in [0.1, 0.15) is 49.2 Å². The third-order valence-electron chi connectivity index (χ3n) is 6.25. The number of benzene rings is 1. The quantitative estimate of drug-likeness (QED) is 0.649. The molecule has 2 aromatic heterocycles. The Kier molecular flexibility index (Phi) is 4.60. The van der Waals surface area contributed by atoms with Gasteiger partial charge in [0.25, 0.3) is 5.91 Å². The molecule has 1 aromatic carbocycles. The van der Waals surface area contributed by atoms with Crippen LogP contribution in [0.3, 0.4) is 0 Å². The summed E-state index contributed by atoms with van der Waals surface area (Å²) in [5, 5.41) is 4.63. The Morgan fingerprint density at radius 1 is 1.27 bits per heavy atom. The van der Waals surface area contributed by atoms with Crippen molar-refractivity contribution >= 4 is 11.6 Å². The molecule has 0 radical (unpaired) electrons. The van der Waals surface area contributed by atoms with Gasteiger partial charge in [0.15, 0.2) is 11.8 Å². The molecule has 3 aromatic rings. The molecular formula is C23H26N4O3. The second kappa shape index (κ2) is 7.31. The molecule has 156 valence electrons. The van der Waals surface area contributed by atoms with Gasteiger partial charge in [0.05, 0.1) is 24.5 Å². The minimum atomic E-state index is -0.523. The topological polar surface area (TPSA) is 69.0 Å². The van der Waals surface area contributed by atoms with Gasteiger partial charge in [-0.05, 0) is 38.3 Å². The summed E-state index contributed by atoms with van der Waals surface area (Å²) in [6.45, 7) is 3.97. The van der Waals surface area contributed by atoms with E-state index in [1.807, 2.05) is 59.8 Å². The molecule has 7 nitrogen and oxygen atoms in total. The number of aromatic nitrogens is 3. The molecule has 1 amide bonds. The Morgan fingerprint density at radius 2 is 2.10 bits per heavy atom. The highest BCUT2D eigenvalue weighted by Crippen LogP contribution is 2.44. The van der Waals surface area contributed by atoms with E-state index >= 15 is 0 Å². The van der Waals surface area contributed by atoms with Gasteiger partial charge >= 0.3 is 0 Å². The van der Waals surface area contributed by atoms with E-state index in [0.717, 1.165) is 36.2 Å². The first kappa shape index (κ1) is 18.9. The van der Waals surface area contributed by atoms with Gasteiger partial charge < -0.3 is 14.4 Å². The van der Waals surface area contributed by atoms with Crippen LogP contribution in [-0.2, 0) is 11.2 Å². The largest absolute Gasteiger partial charge is 0.497 e. The molecule has 0 N–H and O–H groups in total. The van der Waals surface area contributed by atoms with Gasteiger partial charge in [-0.15, -0.1) is 0 Å². The minimum Gasteiger partial charge on any atom is -0.497 e. The molecule has 3 atom stereocenters. The number of carbonyl (C=O) groups excluding carboxylic acids is 1. The Hall–Kier alpha value is -3.09. The number of aryl methyl sites for hydroxylation is 1. The number of fused-ring (bicyclic) bond motifs is 6. The smallest absolute Gasteiger partial charge is 0.264 e. The molecule has 1 fully saturated rings. The predicted molar refractivity (Wildman–Crippen MR) is 112 cm³/mol. The predicted octanol–water partition coefficient (Wildman–Crippen LogP) is 3.49. The fraction of sp³-hybridized carbons (Fsp3) is 0.435. The van der Waals surface area contributed by atoms with Crippen LogP contribution in [0, 0.1) is 6.92 Å². The maximum absolute atomic E-state index is 13.6. The molecule has 30 heavy (non-hydrogen) atoms. The van der Waals surface area contributed by atoms with Crippen molar-refractivity contribution in [1.82, 2.24) is 19.5 Å². The first-order valence-corrected chi connectivity index (χ1v) is 10.6. The van der Waals surface area contributed by atoms with Crippen molar-refractivity contribution in [2.24, 2.45) is 0 Å². The normalized spacial score (nSPS) is 20.8. The summed E-state index contributed by atoms with van der Waals surface area (Å²) >= 11 is 0. The minimum absolute atomic E-state index is 0.0376. The first-order chi connectivity index (χ1) is 14.6. The van der Waals surface area contributed by atoms with E-state index in [1.54, 1.807) is 7.11 Å². The number of carbonyl (C=O) groups is 1. The van der Waals surface area contributed by atoms with E-state index in [2.05, 4.69) is 10.1 Å². The van der Waals surface area contributed by atoms with Crippen LogP contribution < -0.4 is 9.47 Å². The summed E-state index contributed by atoms with van der Waals surface area (Å²) in [6, 6.07) is 9.62. The van der Waals surface area contributed by atoms with Gasteiger partial charge in [-0.3, -0.25) is 4.79 Å². The zero-order valence-electron chi connectivity index (χ0n) is 17.5. The number of nitrogens with zero attached hydrogens (tertiary/aromatic N) is 4. The van der Waals surface area contributed by atoms with Crippen molar-refractivity contribution in [3.8, 4) is 11.5 Å². The van der Waals surface area contributed by atoms with Gasteiger partial charge in [0.2, 0.25) is 0 Å². The number of ether oxygens (including phenoxy) is 2. The molecule has 2 bridgehead atoms. The van der Waals surface area contributed by atoms with Crippen LogP contribution in [0.4, 0.5) is 0 Å². The van der Waals surface area contributed by atoms with Crippen LogP contribution in [0.2, 0.25) is 0 Å². The second-order valence-corrected chi connectivity index (χ2v) is 8.11. The van der Waals surface area contributed by atoms with E-state index in [0.29, 0.717) is 17.9 Å². The second-order valence-electron chi connectivity index (χ2n) is 8.11. The molecule has 0 saturated carbocycles. The van der Waals surface area contributed by atoms with Crippen molar-refractivity contribution < 1.29 is 14.3 Å². The molecule has 0 unspecified atom stereocenters. The SMILES string of the molecule is CC[C@@H](Oc1cccc(OC)c1)C(=O)N1[C@H]2CC[C@H]1c1cnc3cc(C)nn3c1C2. The first-order valence-electron chi connectivity index (χ1n) is 10.6. The highest BCUT2D eigenvalue weighted by Gasteiger charge is 2.45. The van der Waals surface area contributed by atoms with E-state index in [-0.39, 0.29) is 18.0 Å². The van der Waals surface area contributed by atoms with Crippen molar-refractivity contribution in [2.45, 2.75) is 57.7 Å². The van der Waals surface area contributed by atoms with Gasteiger partial charge in [-0.25, -0.2) is 9.50 Å².